The third-order valence-corrected chi connectivity index (χ3v) is 19.9. The molecule has 3 saturated heterocycles. The molecular formula is C87H88Cl3N5O24. The van der Waals surface area contributed by atoms with Crippen LogP contribution >= 0.6 is 34.8 Å². The van der Waals surface area contributed by atoms with E-state index in [4.69, 9.17) is 115 Å². The zero-order chi connectivity index (χ0) is 83.6. The first-order chi connectivity index (χ1) is 57.7. The van der Waals surface area contributed by atoms with Crippen LogP contribution < -0.4 is 10.6 Å². The van der Waals surface area contributed by atoms with Crippen molar-refractivity contribution in [3.05, 3.63) is 285 Å². The highest BCUT2D eigenvalue weighted by Crippen LogP contribution is 2.45. The van der Waals surface area contributed by atoms with E-state index in [1.54, 1.807) is 91.0 Å². The molecule has 0 radical (unpaired) electrons. The number of nitrogens with one attached hydrogen (secondary N) is 2. The number of azide groups is 1. The molecule has 2 N–H and O–H groups in total. The zero-order valence-corrected chi connectivity index (χ0v) is 67.1. The largest absolute Gasteiger partial charge is 0.463 e. The van der Waals surface area contributed by atoms with Crippen LogP contribution in [-0.2, 0) is 133 Å². The Kier molecular flexibility index (Phi) is 32.0. The Bertz CT molecular complexity index is 4640. The van der Waals surface area contributed by atoms with E-state index in [0.29, 0.717) is 16.7 Å². The van der Waals surface area contributed by atoms with Gasteiger partial charge in [-0.3, -0.25) is 14.4 Å². The third-order valence-electron chi connectivity index (χ3n) is 19.5. The van der Waals surface area contributed by atoms with Crippen LogP contribution in [-0.4, -0.2) is 184 Å². The number of carbonyl (C=O) groups is 7. The summed E-state index contributed by atoms with van der Waals surface area (Å²) in [5.74, 6) is -5.05. The number of alkyl carbamates (subject to hydrolysis) is 2. The molecule has 2 amide bonds. The maximum absolute atomic E-state index is 15.1. The van der Waals surface area contributed by atoms with Gasteiger partial charge < -0.3 is 91.2 Å². The molecule has 119 heavy (non-hydrogen) atoms. The van der Waals surface area contributed by atoms with Gasteiger partial charge in [0.2, 0.25) is 3.79 Å². The molecule has 29 nitrogen and oxygen atoms in total. The number of halogens is 3. The molecule has 8 aromatic rings. The number of hydrogen-bond acceptors (Lipinski definition) is 25. The van der Waals surface area contributed by atoms with Gasteiger partial charge in [0.05, 0.1) is 51.8 Å². The first kappa shape index (κ1) is 87.7. The number of amides is 2. The number of rotatable bonds is 36. The molecule has 4 aliphatic rings. The maximum Gasteiger partial charge on any atom is 0.407 e. The Labute approximate surface area is 700 Å². The van der Waals surface area contributed by atoms with E-state index in [1.807, 2.05) is 140 Å². The average molecular weight is 1690 g/mol. The average Bonchev–Trinajstić information content (AvgIpc) is 1.73. The van der Waals surface area contributed by atoms with Crippen molar-refractivity contribution in [3.8, 4) is 11.1 Å². The van der Waals surface area contributed by atoms with Crippen molar-refractivity contribution in [3.63, 3.8) is 0 Å². The summed E-state index contributed by atoms with van der Waals surface area (Å²) in [5, 5.41) is 9.51. The molecule has 3 fully saturated rings. The summed E-state index contributed by atoms with van der Waals surface area (Å²) in [4.78, 5) is 101. The first-order valence-electron chi connectivity index (χ1n) is 38.3. The number of ether oxygens (including phenoxy) is 17. The Morgan fingerprint density at radius 2 is 0.908 bits per heavy atom. The lowest BCUT2D eigenvalue weighted by atomic mass is 9.94. The lowest BCUT2D eigenvalue weighted by Crippen LogP contribution is -2.68. The van der Waals surface area contributed by atoms with Crippen LogP contribution in [0.5, 0.6) is 0 Å². The van der Waals surface area contributed by atoms with Crippen molar-refractivity contribution in [2.24, 2.45) is 5.11 Å². The molecule has 3 aliphatic heterocycles. The molecule has 1 aliphatic carbocycles. The second-order valence-corrected chi connectivity index (χ2v) is 30.6. The molecule has 0 spiro atoms. The van der Waals surface area contributed by atoms with Crippen LogP contribution in [0.25, 0.3) is 21.6 Å². The number of esters is 5. The van der Waals surface area contributed by atoms with E-state index in [1.165, 1.54) is 0 Å². The molecule has 0 aromatic heterocycles. The van der Waals surface area contributed by atoms with E-state index in [2.05, 4.69) is 20.7 Å². The highest BCUT2D eigenvalue weighted by Gasteiger charge is 2.57. The quantitative estimate of drug-likeness (QED) is 0.00919. The minimum atomic E-state index is -2.16. The number of alkyl halides is 3. The molecule has 16 atom stereocenters. The van der Waals surface area contributed by atoms with Gasteiger partial charge in [0, 0.05) is 31.6 Å². The summed E-state index contributed by atoms with van der Waals surface area (Å²) in [7, 11) is 0. The monoisotopic (exact) mass is 1690 g/mol. The predicted molar refractivity (Wildman–Crippen MR) is 427 cm³/mol. The Hall–Kier alpha value is -10.6. The minimum Gasteiger partial charge on any atom is -0.463 e. The summed E-state index contributed by atoms with van der Waals surface area (Å²) >= 11 is 18.1. The zero-order valence-electron chi connectivity index (χ0n) is 64.8. The van der Waals surface area contributed by atoms with Gasteiger partial charge in [-0.2, -0.15) is 0 Å². The van der Waals surface area contributed by atoms with Crippen molar-refractivity contribution in [2.75, 3.05) is 39.6 Å². The molecule has 0 unspecified atom stereocenters. The van der Waals surface area contributed by atoms with Crippen LogP contribution in [0.1, 0.15) is 76.0 Å². The summed E-state index contributed by atoms with van der Waals surface area (Å²) in [5.41, 5.74) is 18.3. The van der Waals surface area contributed by atoms with E-state index >= 15 is 4.79 Å². The van der Waals surface area contributed by atoms with Crippen LogP contribution in [0.15, 0.2) is 236 Å². The smallest absolute Gasteiger partial charge is 0.407 e. The number of nitrogens with zero attached hydrogens (tertiary/aromatic N) is 3. The van der Waals surface area contributed by atoms with E-state index < -0.39 is 176 Å². The van der Waals surface area contributed by atoms with Gasteiger partial charge in [-0.25, -0.2) is 19.2 Å². The SMILES string of the molecule is CC(=O)OC[C@H]1O[C@@H](OC[C@H]2O[C@H](OC[C@H](NC(=O)OCC3c4ccccc4-c4ccccc43)C(=O)OCc3ccccc3)[C@H](N=[N+]=[N-])[C@@H](O[C@@H]3O[C@H](COCc4ccccc4)[C@H](OCc4ccccc4)[C@H](OCc4ccccc4)[C@H]3OC(=O)c3ccccc3)[C@H]2OCc2ccccc2)[C@H](NC(=O)OCC(Cl)(Cl)Cl)[C@@H](OC(C)=O)[C@@H]1OC(C)=O. The standard InChI is InChI=1S/C87H88Cl3N5O24/c1-53(96)104-50-70-75(113-54(2)97)76(114-55(3)98)71(93-86(102)112-52-87(88,89)90)82(116-70)110-51-69-73(105-43-57-28-12-5-13-29-57)77(72(94-95-91)83(115-69)109-48-67(81(100)108-46-60-34-18-8-19-35-60)92-85(101)111-47-66-64-40-24-22-38-62(64)63-39-23-25-41-65(63)66)119-84-79(118-80(99)61-36-20-9-21-37-61)78(107-45-59-32-16-7-17-33-59)74(106-44-58-30-14-6-15-31-58)68(117-84)49-103-42-56-26-10-4-11-27-56/h4-41,66-79,82-84H,42-52H2,1-3H3,(H,92,101)(H,93,102)/t67-,68+,69+,70+,71+,72+,73-,74-,75+,76+,77+,78-,79+,82+,83-,84-/m0/s1. The highest BCUT2D eigenvalue weighted by molar-refractivity contribution is 6.67. The minimum absolute atomic E-state index is 0.0279. The molecule has 0 bridgehead atoms. The Balaban J connectivity index is 0.980. The molecule has 32 heteroatoms. The van der Waals surface area contributed by atoms with Gasteiger partial charge in [0.1, 0.15) is 81.2 Å². The molecular weight excluding hydrogens is 1610 g/mol. The lowest BCUT2D eigenvalue weighted by molar-refractivity contribution is -0.357. The first-order valence-corrected chi connectivity index (χ1v) is 39.4. The number of fused-ring (bicyclic) bond motifs is 3. The van der Waals surface area contributed by atoms with Gasteiger partial charge in [-0.15, -0.1) is 0 Å². The van der Waals surface area contributed by atoms with E-state index in [0.717, 1.165) is 54.2 Å². The molecule has 3 heterocycles. The van der Waals surface area contributed by atoms with Gasteiger partial charge in [-0.05, 0) is 67.7 Å². The van der Waals surface area contributed by atoms with Crippen molar-refractivity contribution in [2.45, 2.75) is 162 Å². The Morgan fingerprint density at radius 1 is 0.437 bits per heavy atom. The molecule has 626 valence electrons. The maximum atomic E-state index is 15.1. The molecule has 0 saturated carbocycles. The van der Waals surface area contributed by atoms with Crippen molar-refractivity contribution in [1.29, 1.82) is 0 Å². The van der Waals surface area contributed by atoms with Crippen LogP contribution in [0.3, 0.4) is 0 Å². The van der Waals surface area contributed by atoms with Crippen molar-refractivity contribution in [1.82, 2.24) is 10.6 Å². The Morgan fingerprint density at radius 3 is 1.45 bits per heavy atom. The van der Waals surface area contributed by atoms with Crippen molar-refractivity contribution >= 4 is 76.8 Å². The normalized spacial score (nSPS) is 23.5. The van der Waals surface area contributed by atoms with Crippen LogP contribution in [0, 0.1) is 0 Å². The van der Waals surface area contributed by atoms with Gasteiger partial charge >= 0.3 is 42.0 Å². The van der Waals surface area contributed by atoms with Gasteiger partial charge in [0.25, 0.3) is 0 Å². The second kappa shape index (κ2) is 43.4. The summed E-state index contributed by atoms with van der Waals surface area (Å²) in [6, 6.07) is 63.4. The number of benzene rings is 8. The lowest BCUT2D eigenvalue weighted by Gasteiger charge is -2.50. The van der Waals surface area contributed by atoms with Crippen molar-refractivity contribution < 1.29 is 114 Å². The summed E-state index contributed by atoms with van der Waals surface area (Å²) in [6.45, 7) is -1.06. The fourth-order valence-corrected chi connectivity index (χ4v) is 14.3. The number of hydrogen-bond donors (Lipinski definition) is 2. The van der Waals surface area contributed by atoms with Gasteiger partial charge in [0.15, 0.2) is 43.2 Å². The van der Waals surface area contributed by atoms with E-state index in [-0.39, 0.29) is 51.8 Å². The molecule has 12 rings (SSSR count). The van der Waals surface area contributed by atoms with Crippen LogP contribution in [0.4, 0.5) is 9.59 Å². The topological polar surface area (TPSA) is 349 Å². The second-order valence-electron chi connectivity index (χ2n) is 28.0. The molecule has 8 aromatic carbocycles. The summed E-state index contributed by atoms with van der Waals surface area (Å²) in [6.07, 6.45) is -23.7. The highest BCUT2D eigenvalue weighted by atomic mass is 35.6. The fourth-order valence-electron chi connectivity index (χ4n) is 14.1. The number of carbonyl (C=O) groups excluding carboxylic acids is 7. The van der Waals surface area contributed by atoms with E-state index in [9.17, 15) is 34.3 Å². The predicted octanol–water partition coefficient (Wildman–Crippen LogP) is 13.0. The summed E-state index contributed by atoms with van der Waals surface area (Å²) < 4.78 is 108. The fraction of sp³-hybridized carbons (Fsp3) is 0.368. The van der Waals surface area contributed by atoms with Gasteiger partial charge in [-0.1, -0.05) is 258 Å². The third kappa shape index (κ3) is 25.0. The van der Waals surface area contributed by atoms with Crippen LogP contribution in [0.2, 0.25) is 0 Å².